The van der Waals surface area contributed by atoms with Gasteiger partial charge in [0.25, 0.3) is 0 Å². The lowest BCUT2D eigenvalue weighted by molar-refractivity contribution is 0.140. The van der Waals surface area contributed by atoms with E-state index < -0.39 is 0 Å². The zero-order valence-corrected chi connectivity index (χ0v) is 15.1. The van der Waals surface area contributed by atoms with Gasteiger partial charge in [-0.3, -0.25) is 0 Å². The fourth-order valence-electron chi connectivity index (χ4n) is 3.05. The van der Waals surface area contributed by atoms with Gasteiger partial charge in [0.1, 0.15) is 6.61 Å². The highest BCUT2D eigenvalue weighted by molar-refractivity contribution is 5.67. The fraction of sp³-hybridized carbons (Fsp3) is 0.318. The van der Waals surface area contributed by atoms with Gasteiger partial charge >= 0.3 is 6.09 Å². The molecule has 3 rings (SSSR count). The van der Waals surface area contributed by atoms with Gasteiger partial charge in [-0.15, -0.1) is 0 Å². The van der Waals surface area contributed by atoms with Gasteiger partial charge in [-0.05, 0) is 42.5 Å². The monoisotopic (exact) mass is 350 g/mol. The first-order valence-electron chi connectivity index (χ1n) is 9.27. The summed E-state index contributed by atoms with van der Waals surface area (Å²) in [6.45, 7) is 3.17. The van der Waals surface area contributed by atoms with Crippen molar-refractivity contribution >= 4 is 17.9 Å². The van der Waals surface area contributed by atoms with Crippen molar-refractivity contribution < 1.29 is 9.53 Å². The Kier molecular flexibility index (Phi) is 6.71. The minimum atomic E-state index is -0.377. The average Bonchev–Trinajstić information content (AvgIpc) is 3.22. The second-order valence-electron chi connectivity index (χ2n) is 6.47. The van der Waals surface area contributed by atoms with E-state index in [4.69, 9.17) is 4.74 Å². The third kappa shape index (κ3) is 5.66. The van der Waals surface area contributed by atoms with E-state index in [1.54, 1.807) is 0 Å². The first kappa shape index (κ1) is 18.1. The van der Waals surface area contributed by atoms with E-state index in [-0.39, 0.29) is 6.09 Å². The molecule has 0 radical (unpaired) electrons. The molecule has 2 aromatic rings. The molecule has 4 nitrogen and oxygen atoms in total. The van der Waals surface area contributed by atoms with E-state index in [0.29, 0.717) is 13.2 Å². The number of nitrogens with one attached hydrogen (secondary N) is 1. The predicted octanol–water partition coefficient (Wildman–Crippen LogP) is 4.62. The van der Waals surface area contributed by atoms with Gasteiger partial charge in [-0.25, -0.2) is 4.79 Å². The average molecular weight is 350 g/mol. The number of hydrogen-bond donors (Lipinski definition) is 1. The number of carbonyl (C=O) groups is 1. The molecular weight excluding hydrogens is 324 g/mol. The Morgan fingerprint density at radius 3 is 2.69 bits per heavy atom. The van der Waals surface area contributed by atoms with Gasteiger partial charge in [0.15, 0.2) is 0 Å². The van der Waals surface area contributed by atoms with Crippen LogP contribution in [0.4, 0.5) is 10.5 Å². The van der Waals surface area contributed by atoms with Gasteiger partial charge in [0.05, 0.1) is 0 Å². The predicted molar refractivity (Wildman–Crippen MR) is 106 cm³/mol. The lowest BCUT2D eigenvalue weighted by Crippen LogP contribution is -2.24. The maximum absolute atomic E-state index is 11.7. The largest absolute Gasteiger partial charge is 0.445 e. The Balaban J connectivity index is 1.36. The van der Waals surface area contributed by atoms with Crippen molar-refractivity contribution in [1.82, 2.24) is 5.32 Å². The lowest BCUT2D eigenvalue weighted by Gasteiger charge is -2.17. The van der Waals surface area contributed by atoms with Gasteiger partial charge in [-0.1, -0.05) is 54.6 Å². The van der Waals surface area contributed by atoms with Crippen molar-refractivity contribution in [3.8, 4) is 0 Å². The van der Waals surface area contributed by atoms with Crippen LogP contribution in [0, 0.1) is 0 Å². The molecule has 1 aliphatic heterocycles. The molecule has 0 saturated carbocycles. The van der Waals surface area contributed by atoms with Crippen molar-refractivity contribution in [2.45, 2.75) is 25.9 Å². The van der Waals surface area contributed by atoms with Crippen molar-refractivity contribution in [1.29, 1.82) is 0 Å². The highest BCUT2D eigenvalue weighted by Gasteiger charge is 2.11. The molecule has 1 amide bonds. The van der Waals surface area contributed by atoms with Crippen LogP contribution in [0.15, 0.2) is 60.7 Å². The molecule has 0 unspecified atom stereocenters. The summed E-state index contributed by atoms with van der Waals surface area (Å²) in [6.07, 6.45) is 7.15. The number of ether oxygens (including phenoxy) is 1. The number of hydrogen-bond acceptors (Lipinski definition) is 3. The van der Waals surface area contributed by atoms with Crippen molar-refractivity contribution in [3.05, 3.63) is 71.8 Å². The number of anilines is 1. The van der Waals surface area contributed by atoms with Crippen LogP contribution in [0.25, 0.3) is 6.08 Å². The quantitative estimate of drug-likeness (QED) is 0.741. The number of nitrogens with zero attached hydrogens (tertiary/aromatic N) is 1. The molecule has 4 heteroatoms. The highest BCUT2D eigenvalue weighted by atomic mass is 16.5. The van der Waals surface area contributed by atoms with Crippen LogP contribution in [0.5, 0.6) is 0 Å². The van der Waals surface area contributed by atoms with Crippen LogP contribution < -0.4 is 10.2 Å². The molecule has 26 heavy (non-hydrogen) atoms. The standard InChI is InChI=1S/C22H26N2O2/c25-22(26-18-20-10-2-1-3-11-20)23-14-5-4-9-19-12-8-13-21(17-19)24-15-6-7-16-24/h1-4,8-13,17H,5-7,14-16,18H2,(H,23,25). The Bertz CT molecular complexity index is 722. The van der Waals surface area contributed by atoms with Crippen LogP contribution >= 0.6 is 0 Å². The minimum Gasteiger partial charge on any atom is -0.445 e. The number of carbonyl (C=O) groups excluding carboxylic acids is 1. The molecule has 1 N–H and O–H groups in total. The summed E-state index contributed by atoms with van der Waals surface area (Å²) in [6, 6.07) is 18.3. The first-order valence-corrected chi connectivity index (χ1v) is 9.27. The summed E-state index contributed by atoms with van der Waals surface area (Å²) < 4.78 is 5.19. The Labute approximate surface area is 155 Å². The number of rotatable bonds is 7. The molecule has 1 aliphatic rings. The molecule has 0 aliphatic carbocycles. The van der Waals surface area contributed by atoms with Crippen molar-refractivity contribution in [2.75, 3.05) is 24.5 Å². The first-order chi connectivity index (χ1) is 12.8. The van der Waals surface area contributed by atoms with E-state index in [1.165, 1.54) is 24.1 Å². The third-order valence-electron chi connectivity index (χ3n) is 4.44. The third-order valence-corrected chi connectivity index (χ3v) is 4.44. The highest BCUT2D eigenvalue weighted by Crippen LogP contribution is 2.21. The Hall–Kier alpha value is -2.75. The van der Waals surface area contributed by atoms with Gasteiger partial charge in [-0.2, -0.15) is 0 Å². The zero-order chi connectivity index (χ0) is 18.0. The number of alkyl carbamates (subject to hydrolysis) is 1. The summed E-state index contributed by atoms with van der Waals surface area (Å²) in [5.41, 5.74) is 3.48. The summed E-state index contributed by atoms with van der Waals surface area (Å²) in [5, 5.41) is 2.77. The Morgan fingerprint density at radius 1 is 1.08 bits per heavy atom. The van der Waals surface area contributed by atoms with E-state index in [2.05, 4.69) is 46.6 Å². The molecular formula is C22H26N2O2. The molecule has 1 saturated heterocycles. The summed E-state index contributed by atoms with van der Waals surface area (Å²) in [4.78, 5) is 14.1. The zero-order valence-electron chi connectivity index (χ0n) is 15.1. The normalized spacial score (nSPS) is 13.9. The van der Waals surface area contributed by atoms with Crippen molar-refractivity contribution in [3.63, 3.8) is 0 Å². The molecule has 136 valence electrons. The molecule has 2 aromatic carbocycles. The summed E-state index contributed by atoms with van der Waals surface area (Å²) >= 11 is 0. The fourth-order valence-corrected chi connectivity index (χ4v) is 3.05. The van der Waals surface area contributed by atoms with Gasteiger partial charge < -0.3 is 15.0 Å². The maximum atomic E-state index is 11.7. The molecule has 0 aromatic heterocycles. The summed E-state index contributed by atoms with van der Waals surface area (Å²) in [5.74, 6) is 0. The van der Waals surface area contributed by atoms with Crippen LogP contribution in [0.2, 0.25) is 0 Å². The van der Waals surface area contributed by atoms with Crippen LogP contribution in [-0.2, 0) is 11.3 Å². The molecule has 1 fully saturated rings. The van der Waals surface area contributed by atoms with Gasteiger partial charge in [0, 0.05) is 25.3 Å². The SMILES string of the molecule is O=C(NCCC=Cc1cccc(N2CCCC2)c1)OCc1ccccc1. The van der Waals surface area contributed by atoms with Crippen LogP contribution in [-0.4, -0.2) is 25.7 Å². The number of benzene rings is 2. The Morgan fingerprint density at radius 2 is 1.88 bits per heavy atom. The van der Waals surface area contributed by atoms with Crippen LogP contribution in [0.1, 0.15) is 30.4 Å². The minimum absolute atomic E-state index is 0.297. The van der Waals surface area contributed by atoms with Gasteiger partial charge in [0.2, 0.25) is 0 Å². The van der Waals surface area contributed by atoms with Crippen LogP contribution in [0.3, 0.4) is 0 Å². The second kappa shape index (κ2) is 9.66. The maximum Gasteiger partial charge on any atom is 0.407 e. The molecule has 0 atom stereocenters. The smallest absolute Gasteiger partial charge is 0.407 e. The van der Waals surface area contributed by atoms with E-state index >= 15 is 0 Å². The van der Waals surface area contributed by atoms with E-state index in [9.17, 15) is 4.79 Å². The lowest BCUT2D eigenvalue weighted by atomic mass is 10.1. The molecule has 0 spiro atoms. The number of amides is 1. The summed E-state index contributed by atoms with van der Waals surface area (Å²) in [7, 11) is 0. The molecule has 0 bridgehead atoms. The van der Waals surface area contributed by atoms with Crippen molar-refractivity contribution in [2.24, 2.45) is 0 Å². The van der Waals surface area contributed by atoms with E-state index in [1.807, 2.05) is 30.3 Å². The topological polar surface area (TPSA) is 41.6 Å². The molecule has 1 heterocycles. The second-order valence-corrected chi connectivity index (χ2v) is 6.47. The van der Waals surface area contributed by atoms with E-state index in [0.717, 1.165) is 25.1 Å².